The highest BCUT2D eigenvalue weighted by atomic mass is 35.5. The van der Waals surface area contributed by atoms with Gasteiger partial charge in [-0.25, -0.2) is 4.79 Å². The van der Waals surface area contributed by atoms with Crippen molar-refractivity contribution in [1.29, 1.82) is 0 Å². The Kier molecular flexibility index (Phi) is 4.80. The number of nitrogens with one attached hydrogen (secondary N) is 1. The zero-order chi connectivity index (χ0) is 15.6. The van der Waals surface area contributed by atoms with Crippen molar-refractivity contribution in [1.82, 2.24) is 9.55 Å². The van der Waals surface area contributed by atoms with Crippen LogP contribution < -0.4 is 11.2 Å². The third-order valence-electron chi connectivity index (χ3n) is 3.08. The molecule has 1 unspecified atom stereocenters. The lowest BCUT2D eigenvalue weighted by Gasteiger charge is -2.09. The largest absolute Gasteiger partial charge is 0.329 e. The standard InChI is InChI=1S/C14H15ClN2O3S/c1-9-3-5-10(6-4-9)11-12(15)16-14(19)17(13(11)18)7-8-21(2)20/h3-6H,7-8H2,1-2H3,(H,16,19). The molecule has 0 saturated heterocycles. The maximum absolute atomic E-state index is 12.5. The number of aromatic amines is 1. The van der Waals surface area contributed by atoms with Crippen LogP contribution in [0.2, 0.25) is 5.15 Å². The molecule has 1 aromatic carbocycles. The van der Waals surface area contributed by atoms with Gasteiger partial charge in [-0.2, -0.15) is 0 Å². The molecule has 0 aliphatic rings. The van der Waals surface area contributed by atoms with E-state index in [4.69, 9.17) is 11.6 Å². The molecule has 1 atom stereocenters. The summed E-state index contributed by atoms with van der Waals surface area (Å²) in [5, 5.41) is 0.0164. The van der Waals surface area contributed by atoms with Gasteiger partial charge < -0.3 is 0 Å². The molecule has 0 aliphatic heterocycles. The first-order valence-electron chi connectivity index (χ1n) is 6.30. The SMILES string of the molecule is Cc1ccc(-c2c(Cl)[nH]c(=O)n(CCS(C)=O)c2=O)cc1. The summed E-state index contributed by atoms with van der Waals surface area (Å²) in [6.07, 6.45) is 1.52. The second-order valence-corrected chi connectivity index (χ2v) is 6.65. The number of H-pyrrole nitrogens is 1. The Morgan fingerprint density at radius 3 is 2.43 bits per heavy atom. The van der Waals surface area contributed by atoms with Crippen molar-refractivity contribution >= 4 is 22.4 Å². The Bertz CT molecular complexity index is 793. The van der Waals surface area contributed by atoms with Gasteiger partial charge in [0.05, 0.1) is 5.56 Å². The van der Waals surface area contributed by atoms with Crippen LogP contribution in [0.15, 0.2) is 33.9 Å². The number of hydrogen-bond donors (Lipinski definition) is 1. The normalized spacial score (nSPS) is 12.3. The summed E-state index contributed by atoms with van der Waals surface area (Å²) in [6, 6.07) is 7.28. The molecule has 112 valence electrons. The Labute approximate surface area is 129 Å². The van der Waals surface area contributed by atoms with E-state index in [0.29, 0.717) is 5.56 Å². The van der Waals surface area contributed by atoms with E-state index in [0.717, 1.165) is 10.1 Å². The van der Waals surface area contributed by atoms with E-state index in [1.54, 1.807) is 12.1 Å². The molecule has 1 heterocycles. The van der Waals surface area contributed by atoms with Gasteiger partial charge in [-0.1, -0.05) is 41.4 Å². The summed E-state index contributed by atoms with van der Waals surface area (Å²) in [4.78, 5) is 26.8. The fraction of sp³-hybridized carbons (Fsp3) is 0.286. The fourth-order valence-electron chi connectivity index (χ4n) is 1.94. The van der Waals surface area contributed by atoms with Crippen LogP contribution in [-0.2, 0) is 17.3 Å². The van der Waals surface area contributed by atoms with Gasteiger partial charge in [0.1, 0.15) is 5.15 Å². The number of hydrogen-bond acceptors (Lipinski definition) is 3. The van der Waals surface area contributed by atoms with E-state index in [2.05, 4.69) is 4.98 Å². The number of aromatic nitrogens is 2. The molecular weight excluding hydrogens is 312 g/mol. The Morgan fingerprint density at radius 2 is 1.86 bits per heavy atom. The predicted octanol–water partition coefficient (Wildman–Crippen LogP) is 1.54. The van der Waals surface area contributed by atoms with Crippen LogP contribution in [0.25, 0.3) is 11.1 Å². The first kappa shape index (κ1) is 15.7. The zero-order valence-electron chi connectivity index (χ0n) is 11.7. The molecule has 0 radical (unpaired) electrons. The van der Waals surface area contributed by atoms with Gasteiger partial charge in [0.15, 0.2) is 0 Å². The highest BCUT2D eigenvalue weighted by Crippen LogP contribution is 2.21. The molecule has 0 spiro atoms. The fourth-order valence-corrected chi connectivity index (χ4v) is 2.65. The van der Waals surface area contributed by atoms with E-state index >= 15 is 0 Å². The van der Waals surface area contributed by atoms with Gasteiger partial charge in [0, 0.05) is 29.4 Å². The average molecular weight is 327 g/mol. The Balaban J connectivity index is 2.59. The van der Waals surface area contributed by atoms with Crippen molar-refractivity contribution in [3.8, 4) is 11.1 Å². The zero-order valence-corrected chi connectivity index (χ0v) is 13.3. The number of benzene rings is 1. The second kappa shape index (κ2) is 6.41. The van der Waals surface area contributed by atoms with Crippen LogP contribution in [0.3, 0.4) is 0 Å². The molecule has 1 aromatic heterocycles. The number of rotatable bonds is 4. The second-order valence-electron chi connectivity index (χ2n) is 4.72. The van der Waals surface area contributed by atoms with Gasteiger partial charge in [-0.15, -0.1) is 0 Å². The summed E-state index contributed by atoms with van der Waals surface area (Å²) < 4.78 is 12.2. The van der Waals surface area contributed by atoms with Crippen LogP contribution in [-0.4, -0.2) is 25.8 Å². The first-order chi connectivity index (χ1) is 9.90. The van der Waals surface area contributed by atoms with Crippen molar-refractivity contribution in [2.24, 2.45) is 0 Å². The van der Waals surface area contributed by atoms with E-state index in [9.17, 15) is 13.8 Å². The molecule has 2 aromatic rings. The molecule has 21 heavy (non-hydrogen) atoms. The summed E-state index contributed by atoms with van der Waals surface area (Å²) in [5.41, 5.74) is 0.877. The molecule has 2 rings (SSSR count). The highest BCUT2D eigenvalue weighted by molar-refractivity contribution is 7.84. The van der Waals surface area contributed by atoms with Crippen molar-refractivity contribution < 1.29 is 4.21 Å². The molecule has 5 nitrogen and oxygen atoms in total. The maximum atomic E-state index is 12.5. The number of halogens is 1. The van der Waals surface area contributed by atoms with Gasteiger partial charge in [0.2, 0.25) is 0 Å². The van der Waals surface area contributed by atoms with E-state index in [1.165, 1.54) is 6.26 Å². The molecule has 0 aliphatic carbocycles. The molecule has 0 amide bonds. The Hall–Kier alpha value is -1.66. The third-order valence-corrected chi connectivity index (χ3v) is 4.12. The minimum atomic E-state index is -1.09. The minimum absolute atomic E-state index is 0.0164. The smallest absolute Gasteiger partial charge is 0.297 e. The van der Waals surface area contributed by atoms with Crippen LogP contribution in [0.1, 0.15) is 5.56 Å². The van der Waals surface area contributed by atoms with E-state index in [1.807, 2.05) is 19.1 Å². The van der Waals surface area contributed by atoms with E-state index < -0.39 is 22.0 Å². The lowest BCUT2D eigenvalue weighted by Crippen LogP contribution is -2.37. The van der Waals surface area contributed by atoms with Crippen molar-refractivity contribution in [3.05, 3.63) is 55.8 Å². The molecule has 7 heteroatoms. The summed E-state index contributed by atoms with van der Waals surface area (Å²) in [5.74, 6) is 0.234. The van der Waals surface area contributed by atoms with Crippen molar-refractivity contribution in [3.63, 3.8) is 0 Å². The molecule has 1 N–H and O–H groups in total. The van der Waals surface area contributed by atoms with Crippen LogP contribution >= 0.6 is 11.6 Å². The van der Waals surface area contributed by atoms with Crippen molar-refractivity contribution in [2.45, 2.75) is 13.5 Å². The predicted molar refractivity (Wildman–Crippen MR) is 85.4 cm³/mol. The lowest BCUT2D eigenvalue weighted by atomic mass is 10.1. The summed E-state index contributed by atoms with van der Waals surface area (Å²) in [7, 11) is -1.09. The van der Waals surface area contributed by atoms with Gasteiger partial charge >= 0.3 is 5.69 Å². The lowest BCUT2D eigenvalue weighted by molar-refractivity contribution is 0.656. The van der Waals surface area contributed by atoms with Crippen LogP contribution in [0, 0.1) is 6.92 Å². The van der Waals surface area contributed by atoms with Crippen LogP contribution in [0.4, 0.5) is 0 Å². The maximum Gasteiger partial charge on any atom is 0.329 e. The third kappa shape index (κ3) is 3.51. The molecule has 0 saturated carbocycles. The summed E-state index contributed by atoms with van der Waals surface area (Å²) in [6.45, 7) is 2.03. The molecule has 0 bridgehead atoms. The van der Waals surface area contributed by atoms with Crippen molar-refractivity contribution in [2.75, 3.05) is 12.0 Å². The number of nitrogens with zero attached hydrogens (tertiary/aromatic N) is 1. The van der Waals surface area contributed by atoms with Crippen LogP contribution in [0.5, 0.6) is 0 Å². The summed E-state index contributed by atoms with van der Waals surface area (Å²) >= 11 is 6.01. The molecular formula is C14H15ClN2O3S. The monoisotopic (exact) mass is 326 g/mol. The quantitative estimate of drug-likeness (QED) is 0.866. The topological polar surface area (TPSA) is 71.9 Å². The molecule has 0 fully saturated rings. The van der Waals surface area contributed by atoms with Gasteiger partial charge in [-0.05, 0) is 12.5 Å². The average Bonchev–Trinajstić information content (AvgIpc) is 2.40. The number of aryl methyl sites for hydroxylation is 1. The van der Waals surface area contributed by atoms with E-state index in [-0.39, 0.29) is 23.0 Å². The first-order valence-corrected chi connectivity index (χ1v) is 8.40. The van der Waals surface area contributed by atoms with Gasteiger partial charge in [0.25, 0.3) is 5.56 Å². The highest BCUT2D eigenvalue weighted by Gasteiger charge is 2.14. The Morgan fingerprint density at radius 1 is 1.24 bits per heavy atom. The van der Waals surface area contributed by atoms with Gasteiger partial charge in [-0.3, -0.25) is 18.6 Å². The minimum Gasteiger partial charge on any atom is -0.297 e.